The van der Waals surface area contributed by atoms with Gasteiger partial charge in [-0.2, -0.15) is 0 Å². The lowest BCUT2D eigenvalue weighted by Gasteiger charge is -2.12. The Morgan fingerprint density at radius 3 is 2.05 bits per heavy atom. The molecule has 0 aliphatic carbocycles. The van der Waals surface area contributed by atoms with Crippen LogP contribution >= 0.6 is 23.2 Å². The molecule has 20 heavy (non-hydrogen) atoms. The van der Waals surface area contributed by atoms with Crippen molar-refractivity contribution in [2.24, 2.45) is 0 Å². The Morgan fingerprint density at radius 1 is 1.00 bits per heavy atom. The molecule has 0 unspecified atom stereocenters. The van der Waals surface area contributed by atoms with E-state index in [-0.39, 0.29) is 0 Å². The lowest BCUT2D eigenvalue weighted by molar-refractivity contribution is 0.363. The highest BCUT2D eigenvalue weighted by atomic mass is 35.5. The molecule has 1 N–H and O–H groups in total. The maximum atomic E-state index is 5.95. The van der Waals surface area contributed by atoms with E-state index in [0.717, 1.165) is 5.69 Å². The van der Waals surface area contributed by atoms with Crippen LogP contribution in [0.25, 0.3) is 0 Å². The fourth-order valence-electron chi connectivity index (χ4n) is 1.73. The molecule has 2 aromatic rings. The summed E-state index contributed by atoms with van der Waals surface area (Å²) in [6.07, 6.45) is 1.39. The molecule has 0 atom stereocenters. The lowest BCUT2D eigenvalue weighted by atomic mass is 10.2. The number of hydrogen-bond acceptors (Lipinski definition) is 5. The molecule has 5 nitrogen and oxygen atoms in total. The van der Waals surface area contributed by atoms with Crippen molar-refractivity contribution >= 4 is 28.9 Å². The van der Waals surface area contributed by atoms with Crippen LogP contribution in [0.15, 0.2) is 24.5 Å². The van der Waals surface area contributed by atoms with Gasteiger partial charge >= 0.3 is 0 Å². The zero-order valence-electron chi connectivity index (χ0n) is 11.0. The first kappa shape index (κ1) is 14.7. The Balaban J connectivity index is 2.22. The SMILES string of the molecule is COc1ncnc(OC)c1CNc1cc(Cl)cc(Cl)c1. The van der Waals surface area contributed by atoms with Crippen molar-refractivity contribution in [1.29, 1.82) is 0 Å². The predicted octanol–water partition coefficient (Wildman–Crippen LogP) is 3.41. The van der Waals surface area contributed by atoms with Gasteiger partial charge in [-0.3, -0.25) is 0 Å². The quantitative estimate of drug-likeness (QED) is 0.916. The van der Waals surface area contributed by atoms with Crippen LogP contribution in [0.1, 0.15) is 5.56 Å². The van der Waals surface area contributed by atoms with Crippen LogP contribution in [0.5, 0.6) is 11.8 Å². The third-order valence-corrected chi connectivity index (χ3v) is 3.02. The molecule has 1 aromatic heterocycles. The van der Waals surface area contributed by atoms with Crippen molar-refractivity contribution in [3.05, 3.63) is 40.1 Å². The molecule has 0 amide bonds. The van der Waals surface area contributed by atoms with Gasteiger partial charge in [0.15, 0.2) is 0 Å². The first-order valence-electron chi connectivity index (χ1n) is 5.76. The zero-order chi connectivity index (χ0) is 14.5. The summed E-state index contributed by atoms with van der Waals surface area (Å²) in [4.78, 5) is 8.10. The number of nitrogens with zero attached hydrogens (tertiary/aromatic N) is 2. The van der Waals surface area contributed by atoms with Crippen LogP contribution in [0.2, 0.25) is 10.0 Å². The molecular weight excluding hydrogens is 301 g/mol. The monoisotopic (exact) mass is 313 g/mol. The van der Waals surface area contributed by atoms with Crippen LogP contribution < -0.4 is 14.8 Å². The fourth-order valence-corrected chi connectivity index (χ4v) is 2.26. The molecule has 106 valence electrons. The second kappa shape index (κ2) is 6.63. The number of hydrogen-bond donors (Lipinski definition) is 1. The summed E-state index contributed by atoms with van der Waals surface area (Å²) in [6, 6.07) is 5.22. The molecule has 7 heteroatoms. The van der Waals surface area contributed by atoms with Gasteiger partial charge < -0.3 is 14.8 Å². The average Bonchev–Trinajstić information content (AvgIpc) is 2.43. The summed E-state index contributed by atoms with van der Waals surface area (Å²) in [5, 5.41) is 4.30. The first-order chi connectivity index (χ1) is 9.63. The van der Waals surface area contributed by atoms with E-state index < -0.39 is 0 Å². The molecular formula is C13H13Cl2N3O2. The fraction of sp³-hybridized carbons (Fsp3) is 0.231. The van der Waals surface area contributed by atoms with Crippen molar-refractivity contribution in [1.82, 2.24) is 9.97 Å². The van der Waals surface area contributed by atoms with E-state index in [0.29, 0.717) is 33.9 Å². The molecule has 0 fully saturated rings. The number of rotatable bonds is 5. The van der Waals surface area contributed by atoms with Gasteiger partial charge in [0, 0.05) is 15.7 Å². The number of benzene rings is 1. The van der Waals surface area contributed by atoms with Gasteiger partial charge in [0.1, 0.15) is 6.33 Å². The van der Waals surface area contributed by atoms with Gasteiger partial charge in [0.2, 0.25) is 11.8 Å². The number of methoxy groups -OCH3 is 2. The van der Waals surface area contributed by atoms with Crippen LogP contribution in [-0.2, 0) is 6.54 Å². The summed E-state index contributed by atoms with van der Waals surface area (Å²) in [5.41, 5.74) is 1.50. The van der Waals surface area contributed by atoms with Gasteiger partial charge in [-0.05, 0) is 18.2 Å². The minimum Gasteiger partial charge on any atom is -0.481 e. The summed E-state index contributed by atoms with van der Waals surface area (Å²) in [7, 11) is 3.09. The summed E-state index contributed by atoms with van der Waals surface area (Å²) < 4.78 is 10.4. The zero-order valence-corrected chi connectivity index (χ0v) is 12.5. The van der Waals surface area contributed by atoms with Crippen molar-refractivity contribution in [2.75, 3.05) is 19.5 Å². The highest BCUT2D eigenvalue weighted by Crippen LogP contribution is 2.26. The second-order valence-electron chi connectivity index (χ2n) is 3.88. The van der Waals surface area contributed by atoms with E-state index in [1.807, 2.05) is 0 Å². The van der Waals surface area contributed by atoms with Crippen LogP contribution in [0.3, 0.4) is 0 Å². The number of ether oxygens (including phenoxy) is 2. The number of halogens is 2. The summed E-state index contributed by atoms with van der Waals surface area (Å²) in [5.74, 6) is 0.912. The maximum Gasteiger partial charge on any atom is 0.225 e. The van der Waals surface area contributed by atoms with E-state index in [2.05, 4.69) is 15.3 Å². The molecule has 0 spiro atoms. The Bertz CT molecular complexity index is 566. The number of anilines is 1. The normalized spacial score (nSPS) is 10.2. The summed E-state index contributed by atoms with van der Waals surface area (Å²) >= 11 is 11.9. The minimum absolute atomic E-state index is 0.420. The molecule has 0 aliphatic heterocycles. The van der Waals surface area contributed by atoms with Crippen LogP contribution in [0.4, 0.5) is 5.69 Å². The van der Waals surface area contributed by atoms with Gasteiger partial charge in [0.05, 0.1) is 26.3 Å². The summed E-state index contributed by atoms with van der Waals surface area (Å²) in [6.45, 7) is 0.420. The van der Waals surface area contributed by atoms with Crippen LogP contribution in [-0.4, -0.2) is 24.2 Å². The smallest absolute Gasteiger partial charge is 0.225 e. The van der Waals surface area contributed by atoms with E-state index in [1.165, 1.54) is 6.33 Å². The maximum absolute atomic E-state index is 5.95. The topological polar surface area (TPSA) is 56.3 Å². The van der Waals surface area contributed by atoms with Gasteiger partial charge in [-0.1, -0.05) is 23.2 Å². The second-order valence-corrected chi connectivity index (χ2v) is 4.76. The molecule has 0 saturated carbocycles. The van der Waals surface area contributed by atoms with Crippen molar-refractivity contribution < 1.29 is 9.47 Å². The molecule has 0 saturated heterocycles. The number of nitrogens with one attached hydrogen (secondary N) is 1. The van der Waals surface area contributed by atoms with E-state index in [9.17, 15) is 0 Å². The molecule has 0 radical (unpaired) electrons. The van der Waals surface area contributed by atoms with Crippen molar-refractivity contribution in [3.8, 4) is 11.8 Å². The van der Waals surface area contributed by atoms with Gasteiger partial charge in [0.25, 0.3) is 0 Å². The molecule has 0 bridgehead atoms. The van der Waals surface area contributed by atoms with Crippen LogP contribution in [0, 0.1) is 0 Å². The van der Waals surface area contributed by atoms with Crippen molar-refractivity contribution in [2.45, 2.75) is 6.54 Å². The van der Waals surface area contributed by atoms with Crippen molar-refractivity contribution in [3.63, 3.8) is 0 Å². The van der Waals surface area contributed by atoms with E-state index >= 15 is 0 Å². The van der Waals surface area contributed by atoms with E-state index in [4.69, 9.17) is 32.7 Å². The number of aromatic nitrogens is 2. The Labute approximate surface area is 126 Å². The highest BCUT2D eigenvalue weighted by molar-refractivity contribution is 6.35. The standard InChI is InChI=1S/C13H13Cl2N3O2/c1-19-12-11(13(20-2)18-7-17-12)6-16-10-4-8(14)3-9(15)5-10/h3-5,7,16H,6H2,1-2H3. The Kier molecular flexibility index (Phi) is 4.87. The van der Waals surface area contributed by atoms with E-state index in [1.54, 1.807) is 32.4 Å². The lowest BCUT2D eigenvalue weighted by Crippen LogP contribution is -2.06. The van der Waals surface area contributed by atoms with Gasteiger partial charge in [-0.25, -0.2) is 9.97 Å². The van der Waals surface area contributed by atoms with Gasteiger partial charge in [-0.15, -0.1) is 0 Å². The largest absolute Gasteiger partial charge is 0.481 e. The first-order valence-corrected chi connectivity index (χ1v) is 6.51. The molecule has 0 aliphatic rings. The highest BCUT2D eigenvalue weighted by Gasteiger charge is 2.12. The minimum atomic E-state index is 0.420. The molecule has 1 heterocycles. The third kappa shape index (κ3) is 3.43. The predicted molar refractivity (Wildman–Crippen MR) is 78.9 cm³/mol. The third-order valence-electron chi connectivity index (χ3n) is 2.58. The Hall–Kier alpha value is -1.72. The molecule has 1 aromatic carbocycles. The Morgan fingerprint density at radius 2 is 1.55 bits per heavy atom. The average molecular weight is 314 g/mol. The molecule has 2 rings (SSSR count).